The number of thioether (sulfide) groups is 1. The van der Waals surface area contributed by atoms with Crippen molar-refractivity contribution in [2.45, 2.75) is 0 Å². The molecule has 0 aliphatic heterocycles. The maximum Gasteiger partial charge on any atom is 0.194 e. The van der Waals surface area contributed by atoms with Crippen LogP contribution in [0.1, 0.15) is 0 Å². The molecular weight excluding hydrogens is 136 g/mol. The van der Waals surface area contributed by atoms with E-state index in [4.69, 9.17) is 11.1 Å². The van der Waals surface area contributed by atoms with Crippen LogP contribution < -0.4 is 11.1 Å². The third-order valence-corrected chi connectivity index (χ3v) is 1.20. The van der Waals surface area contributed by atoms with E-state index in [0.717, 1.165) is 0 Å². The zero-order valence-corrected chi connectivity index (χ0v) is 6.25. The first kappa shape index (κ1) is 8.29. The van der Waals surface area contributed by atoms with Crippen LogP contribution in [-0.4, -0.2) is 24.4 Å². The van der Waals surface area contributed by atoms with Gasteiger partial charge in [0.2, 0.25) is 0 Å². The summed E-state index contributed by atoms with van der Waals surface area (Å²) in [6.07, 6.45) is 1.79. The Kier molecular flexibility index (Phi) is 3.87. The molecule has 0 spiro atoms. The lowest BCUT2D eigenvalue weighted by atomic mass is 10.9. The lowest BCUT2D eigenvalue weighted by molar-refractivity contribution is 1.24. The average Bonchev–Trinajstić information content (AvgIpc) is 1.87. The molecule has 0 heterocycles. The van der Waals surface area contributed by atoms with Crippen LogP contribution >= 0.6 is 11.8 Å². The molecule has 0 aromatic carbocycles. The minimum Gasteiger partial charge on any atom is -0.370 e. The third kappa shape index (κ3) is 3.84. The summed E-state index contributed by atoms with van der Waals surface area (Å²) in [5.74, 6) is 0.273. The molecule has 0 fully saturated rings. The second-order valence-electron chi connectivity index (χ2n) is 1.27. The fraction of sp³-hybridized carbons (Fsp3) is 0.500. The van der Waals surface area contributed by atoms with E-state index in [1.54, 1.807) is 13.3 Å². The van der Waals surface area contributed by atoms with Gasteiger partial charge in [-0.25, -0.2) is 0 Å². The van der Waals surface area contributed by atoms with E-state index in [0.29, 0.717) is 5.17 Å². The Balaban J connectivity index is 3.60. The smallest absolute Gasteiger partial charge is 0.194 e. The van der Waals surface area contributed by atoms with Crippen LogP contribution in [0.15, 0.2) is 4.99 Å². The molecule has 0 aliphatic carbocycles. The summed E-state index contributed by atoms with van der Waals surface area (Å²) in [5.41, 5.74) is 5.23. The third-order valence-electron chi connectivity index (χ3n) is 0.687. The summed E-state index contributed by atoms with van der Waals surface area (Å²) in [5, 5.41) is 9.92. The highest BCUT2D eigenvalue weighted by Crippen LogP contribution is 1.88. The molecule has 0 unspecified atom stereocenters. The van der Waals surface area contributed by atoms with Gasteiger partial charge in [0.1, 0.15) is 0 Å². The van der Waals surface area contributed by atoms with Crippen molar-refractivity contribution in [2.24, 2.45) is 10.7 Å². The van der Waals surface area contributed by atoms with E-state index in [1.165, 1.54) is 11.8 Å². The summed E-state index contributed by atoms with van der Waals surface area (Å²) in [7, 11) is 1.57. The Morgan fingerprint density at radius 1 is 1.78 bits per heavy atom. The first-order valence-corrected chi connectivity index (χ1v) is 3.55. The largest absolute Gasteiger partial charge is 0.370 e. The van der Waals surface area contributed by atoms with E-state index in [9.17, 15) is 0 Å². The van der Waals surface area contributed by atoms with Gasteiger partial charge in [-0.1, -0.05) is 11.8 Å². The first-order chi connectivity index (χ1) is 4.20. The second-order valence-corrected chi connectivity index (χ2v) is 2.08. The van der Waals surface area contributed by atoms with Gasteiger partial charge in [0.15, 0.2) is 11.1 Å². The summed E-state index contributed by atoms with van der Waals surface area (Å²) < 4.78 is 0. The van der Waals surface area contributed by atoms with Gasteiger partial charge in [0.25, 0.3) is 0 Å². The van der Waals surface area contributed by atoms with Crippen LogP contribution in [0.2, 0.25) is 0 Å². The molecule has 9 heavy (non-hydrogen) atoms. The quantitative estimate of drug-likeness (QED) is 0.328. The van der Waals surface area contributed by atoms with Crippen LogP contribution in [-0.2, 0) is 0 Å². The zero-order valence-electron chi connectivity index (χ0n) is 5.43. The molecule has 0 aromatic heterocycles. The van der Waals surface area contributed by atoms with Gasteiger partial charge >= 0.3 is 0 Å². The van der Waals surface area contributed by atoms with E-state index in [2.05, 4.69) is 10.3 Å². The molecule has 0 saturated carbocycles. The molecule has 5 heteroatoms. The molecule has 0 atom stereocenters. The Hall–Kier alpha value is -0.710. The normalized spacial score (nSPS) is 11.1. The Labute approximate surface area is 58.4 Å². The molecule has 0 bridgehead atoms. The minimum atomic E-state index is 0.273. The lowest BCUT2D eigenvalue weighted by Crippen LogP contribution is -2.34. The first-order valence-electron chi connectivity index (χ1n) is 2.32. The zero-order chi connectivity index (χ0) is 7.28. The predicted molar refractivity (Wildman–Crippen MR) is 41.9 cm³/mol. The van der Waals surface area contributed by atoms with Crippen LogP contribution in [0.4, 0.5) is 0 Å². The van der Waals surface area contributed by atoms with Crippen molar-refractivity contribution in [2.75, 3.05) is 13.3 Å². The van der Waals surface area contributed by atoms with Gasteiger partial charge in [-0.15, -0.1) is 0 Å². The Morgan fingerprint density at radius 2 is 2.33 bits per heavy atom. The van der Waals surface area contributed by atoms with E-state index < -0.39 is 0 Å². The maximum atomic E-state index is 7.06. The number of rotatable bonds is 0. The number of nitrogens with two attached hydrogens (primary N) is 1. The second kappa shape index (κ2) is 4.20. The van der Waals surface area contributed by atoms with Crippen LogP contribution in [0.5, 0.6) is 0 Å². The van der Waals surface area contributed by atoms with Gasteiger partial charge < -0.3 is 11.1 Å². The SMILES string of the molecule is CN=C(N)NC(=N)SC. The number of amidine groups is 1. The van der Waals surface area contributed by atoms with Gasteiger partial charge in [-0.2, -0.15) is 0 Å². The topological polar surface area (TPSA) is 74.3 Å². The average molecular weight is 146 g/mol. The molecule has 0 aromatic rings. The molecule has 52 valence electrons. The fourth-order valence-corrected chi connectivity index (χ4v) is 0.430. The summed E-state index contributed by atoms with van der Waals surface area (Å²) in [6, 6.07) is 0. The fourth-order valence-electron chi connectivity index (χ4n) is 0.223. The number of aliphatic imine (C=N–C) groups is 1. The van der Waals surface area contributed by atoms with Gasteiger partial charge in [0, 0.05) is 7.05 Å². The predicted octanol–water partition coefficient (Wildman–Crippen LogP) is -0.182. The molecule has 0 rings (SSSR count). The molecule has 0 amide bonds. The van der Waals surface area contributed by atoms with Crippen molar-refractivity contribution in [3.05, 3.63) is 0 Å². The summed E-state index contributed by atoms with van der Waals surface area (Å²) in [4.78, 5) is 3.61. The Bertz CT molecular complexity index is 131. The molecule has 0 saturated heterocycles. The number of hydrogen-bond donors (Lipinski definition) is 3. The van der Waals surface area contributed by atoms with Crippen molar-refractivity contribution in [1.82, 2.24) is 5.32 Å². The minimum absolute atomic E-state index is 0.273. The molecule has 4 nitrogen and oxygen atoms in total. The number of guanidine groups is 1. The highest BCUT2D eigenvalue weighted by molar-refractivity contribution is 8.13. The monoisotopic (exact) mass is 146 g/mol. The number of nitrogens with one attached hydrogen (secondary N) is 2. The summed E-state index contributed by atoms with van der Waals surface area (Å²) in [6.45, 7) is 0. The van der Waals surface area contributed by atoms with E-state index >= 15 is 0 Å². The molecular formula is C4H10N4S. The van der Waals surface area contributed by atoms with Gasteiger partial charge in [0.05, 0.1) is 0 Å². The van der Waals surface area contributed by atoms with E-state index in [-0.39, 0.29) is 5.96 Å². The van der Waals surface area contributed by atoms with Crippen molar-refractivity contribution in [1.29, 1.82) is 5.41 Å². The van der Waals surface area contributed by atoms with E-state index in [1.807, 2.05) is 0 Å². The van der Waals surface area contributed by atoms with Crippen LogP contribution in [0, 0.1) is 5.41 Å². The highest BCUT2D eigenvalue weighted by Gasteiger charge is 1.91. The lowest BCUT2D eigenvalue weighted by Gasteiger charge is -2.00. The van der Waals surface area contributed by atoms with Crippen molar-refractivity contribution >= 4 is 22.9 Å². The van der Waals surface area contributed by atoms with Gasteiger partial charge in [-0.05, 0) is 6.26 Å². The molecule has 4 N–H and O–H groups in total. The molecule has 0 aliphatic rings. The number of hydrogen-bond acceptors (Lipinski definition) is 3. The Morgan fingerprint density at radius 3 is 2.67 bits per heavy atom. The maximum absolute atomic E-state index is 7.06. The van der Waals surface area contributed by atoms with Crippen molar-refractivity contribution in [3.63, 3.8) is 0 Å². The number of nitrogens with zero attached hydrogens (tertiary/aromatic N) is 1. The van der Waals surface area contributed by atoms with Crippen LogP contribution in [0.25, 0.3) is 0 Å². The van der Waals surface area contributed by atoms with Crippen LogP contribution in [0.3, 0.4) is 0 Å². The highest BCUT2D eigenvalue weighted by atomic mass is 32.2. The van der Waals surface area contributed by atoms with Crippen molar-refractivity contribution in [3.8, 4) is 0 Å². The van der Waals surface area contributed by atoms with Gasteiger partial charge in [-0.3, -0.25) is 10.4 Å². The molecule has 0 radical (unpaired) electrons. The standard InChI is InChI=1S/C4H10N4S/c1-7-3(5)8-4(6)9-2/h1-2H3,(H4,5,6,7,8). The van der Waals surface area contributed by atoms with Crippen molar-refractivity contribution < 1.29 is 0 Å². The summed E-state index contributed by atoms with van der Waals surface area (Å²) >= 11 is 1.28.